The number of carbonyl (C=O) groups is 1. The number of allylic oxidation sites excluding steroid dienone is 2. The van der Waals surface area contributed by atoms with Gasteiger partial charge in [0.25, 0.3) is 10.1 Å². The smallest absolute Gasteiger partial charge is 0.293 e. The van der Waals surface area contributed by atoms with E-state index in [2.05, 4.69) is 10.2 Å². The van der Waals surface area contributed by atoms with Gasteiger partial charge in [-0.15, -0.1) is 0 Å². The monoisotopic (exact) mass is 532 g/mol. The summed E-state index contributed by atoms with van der Waals surface area (Å²) >= 11 is 0. The number of carbonyl (C=O) groups excluding carboxylic acids is 1. The highest BCUT2D eigenvalue weighted by Gasteiger charge is 2.50. The van der Waals surface area contributed by atoms with Gasteiger partial charge in [0.15, 0.2) is 15.6 Å². The number of H-pyrrole nitrogens is 1. The van der Waals surface area contributed by atoms with Gasteiger partial charge in [-0.1, -0.05) is 24.6 Å². The second-order valence-electron chi connectivity index (χ2n) is 8.57. The van der Waals surface area contributed by atoms with Crippen molar-refractivity contribution >= 4 is 31.3 Å². The molecule has 1 heterocycles. The molecular weight excluding hydrogens is 509 g/mol. The first kappa shape index (κ1) is 26.8. The number of halogens is 3. The summed E-state index contributed by atoms with van der Waals surface area (Å²) < 4.78 is 97.4. The van der Waals surface area contributed by atoms with Crippen LogP contribution in [0.5, 0.6) is 0 Å². The molecule has 2 aromatic rings. The van der Waals surface area contributed by atoms with Crippen molar-refractivity contribution in [2.24, 2.45) is 5.41 Å². The molecule has 13 heteroatoms. The maximum absolute atomic E-state index is 13.9. The molecule has 2 unspecified atom stereocenters. The van der Waals surface area contributed by atoms with E-state index in [9.17, 15) is 39.4 Å². The molecule has 0 radical (unpaired) electrons. The van der Waals surface area contributed by atoms with Crippen LogP contribution in [-0.2, 0) is 26.1 Å². The Labute approximate surface area is 200 Å². The minimum atomic E-state index is -4.84. The summed E-state index contributed by atoms with van der Waals surface area (Å²) in [5.41, 5.74) is -3.02. The van der Waals surface area contributed by atoms with E-state index in [4.69, 9.17) is 0 Å². The van der Waals surface area contributed by atoms with Crippen LogP contribution in [0, 0.1) is 5.41 Å². The molecule has 0 aliphatic heterocycles. The summed E-state index contributed by atoms with van der Waals surface area (Å²) in [5, 5.41) is 6.46. The van der Waals surface area contributed by atoms with Crippen molar-refractivity contribution < 1.29 is 39.4 Å². The predicted molar refractivity (Wildman–Crippen MR) is 122 cm³/mol. The van der Waals surface area contributed by atoms with E-state index in [0.29, 0.717) is 18.4 Å². The normalized spacial score (nSPS) is 23.5. The molecule has 8 nitrogen and oxygen atoms in total. The van der Waals surface area contributed by atoms with Gasteiger partial charge < -0.3 is 0 Å². The number of hydrogen-bond donors (Lipinski definition) is 2. The molecule has 1 aliphatic rings. The van der Waals surface area contributed by atoms with Crippen molar-refractivity contribution in [1.29, 1.82) is 0 Å². The van der Waals surface area contributed by atoms with E-state index < -0.39 is 58.1 Å². The predicted octanol–water partition coefficient (Wildman–Crippen LogP) is 4.10. The van der Waals surface area contributed by atoms with E-state index in [1.54, 1.807) is 0 Å². The van der Waals surface area contributed by atoms with Gasteiger partial charge in [0.05, 0.1) is 21.6 Å². The van der Waals surface area contributed by atoms with Crippen LogP contribution in [0.1, 0.15) is 48.8 Å². The van der Waals surface area contributed by atoms with Crippen LogP contribution < -0.4 is 0 Å². The molecule has 1 aromatic carbocycles. The number of sulfone groups is 1. The maximum Gasteiger partial charge on any atom is 0.416 e. The van der Waals surface area contributed by atoms with Crippen LogP contribution in [0.2, 0.25) is 0 Å². The van der Waals surface area contributed by atoms with Gasteiger partial charge in [-0.25, -0.2) is 8.42 Å². The first-order valence-electron chi connectivity index (χ1n) is 10.2. The molecule has 0 fully saturated rings. The largest absolute Gasteiger partial charge is 0.416 e. The molecular formula is C22H23F3N2O6S2. The highest BCUT2D eigenvalue weighted by Crippen LogP contribution is 2.50. The minimum absolute atomic E-state index is 0.0684. The second-order valence-corrected chi connectivity index (χ2v) is 12.3. The molecule has 1 aromatic heterocycles. The summed E-state index contributed by atoms with van der Waals surface area (Å²) in [5.74, 6) is -0.874. The Morgan fingerprint density at radius 3 is 2.23 bits per heavy atom. The molecule has 0 spiro atoms. The fourth-order valence-corrected chi connectivity index (χ4v) is 6.06. The van der Waals surface area contributed by atoms with E-state index in [1.165, 1.54) is 45.2 Å². The lowest BCUT2D eigenvalue weighted by atomic mass is 9.65. The van der Waals surface area contributed by atoms with Gasteiger partial charge in [-0.3, -0.25) is 14.4 Å². The summed E-state index contributed by atoms with van der Waals surface area (Å²) in [6, 6.07) is 3.27. The Balaban J connectivity index is 2.35. The number of nitrogens with one attached hydrogen (secondary N) is 1. The molecule has 2 N–H and O–H groups in total. The lowest BCUT2D eigenvalue weighted by Gasteiger charge is -2.40. The molecule has 35 heavy (non-hydrogen) atoms. The van der Waals surface area contributed by atoms with Crippen LogP contribution in [0.15, 0.2) is 53.1 Å². The third-order valence-corrected chi connectivity index (χ3v) is 9.03. The number of rotatable bonds is 6. The van der Waals surface area contributed by atoms with Gasteiger partial charge >= 0.3 is 6.18 Å². The molecule has 2 atom stereocenters. The van der Waals surface area contributed by atoms with Crippen LogP contribution in [0.4, 0.5) is 13.2 Å². The van der Waals surface area contributed by atoms with Crippen LogP contribution in [0.3, 0.4) is 0 Å². The van der Waals surface area contributed by atoms with Crippen molar-refractivity contribution in [3.05, 3.63) is 65.0 Å². The fourth-order valence-electron chi connectivity index (χ4n) is 4.21. The number of aromatic amines is 1. The minimum Gasteiger partial charge on any atom is -0.293 e. The Bertz CT molecular complexity index is 1460. The quantitative estimate of drug-likeness (QED) is 0.325. The highest BCUT2D eigenvalue weighted by atomic mass is 32.2. The molecule has 0 amide bonds. The first-order valence-corrected chi connectivity index (χ1v) is 13.6. The fraction of sp³-hybridized carbons (Fsp3) is 0.364. The highest BCUT2D eigenvalue weighted by molar-refractivity contribution is 7.90. The Kier molecular flexibility index (Phi) is 6.45. The number of Topliss-reactive ketones (excluding diaryl/α,β-unsaturated/α-hetero) is 1. The van der Waals surface area contributed by atoms with Gasteiger partial charge in [0, 0.05) is 18.0 Å². The maximum atomic E-state index is 13.9. The van der Waals surface area contributed by atoms with Crippen LogP contribution in [0.25, 0.3) is 5.57 Å². The number of alkyl halides is 3. The van der Waals surface area contributed by atoms with Crippen LogP contribution >= 0.6 is 0 Å². The number of hydrogen-bond acceptors (Lipinski definition) is 6. The zero-order valence-electron chi connectivity index (χ0n) is 19.1. The Morgan fingerprint density at radius 1 is 1.14 bits per heavy atom. The third-order valence-electron chi connectivity index (χ3n) is 6.41. The Morgan fingerprint density at radius 2 is 1.77 bits per heavy atom. The van der Waals surface area contributed by atoms with Crippen molar-refractivity contribution in [2.45, 2.75) is 43.0 Å². The third kappa shape index (κ3) is 4.47. The topological polar surface area (TPSA) is 134 Å². The standard InChI is InChI=1S/C22H23F3N2O6S2/c1-5-21(35(31,32)33)11-13(2)20(3,16(12-21)17-8-9-26-27-17)19(28)15-7-6-14(22(23,24)25)10-18(15)34(4,29)30/h6-12H,5H2,1-4H3,(H,26,27)(H,31,32,33). The lowest BCUT2D eigenvalue weighted by Crippen LogP contribution is -2.42. The second kappa shape index (κ2) is 8.42. The summed E-state index contributed by atoms with van der Waals surface area (Å²) in [6.07, 6.45) is -0.523. The van der Waals surface area contributed by atoms with Gasteiger partial charge in [-0.05, 0) is 50.1 Å². The number of ketones is 1. The van der Waals surface area contributed by atoms with Gasteiger partial charge in [-0.2, -0.15) is 26.7 Å². The summed E-state index contributed by atoms with van der Waals surface area (Å²) in [7, 11) is -8.99. The average Bonchev–Trinajstić information content (AvgIpc) is 3.27. The zero-order valence-corrected chi connectivity index (χ0v) is 20.8. The first-order chi connectivity index (χ1) is 15.9. The molecule has 0 bridgehead atoms. The number of benzene rings is 1. The van der Waals surface area contributed by atoms with E-state index in [1.807, 2.05) is 0 Å². The average molecular weight is 533 g/mol. The Hall–Kier alpha value is -2.77. The molecule has 3 rings (SSSR count). The van der Waals surface area contributed by atoms with Crippen molar-refractivity contribution in [3.63, 3.8) is 0 Å². The number of aromatic nitrogens is 2. The van der Waals surface area contributed by atoms with Crippen molar-refractivity contribution in [1.82, 2.24) is 10.2 Å². The van der Waals surface area contributed by atoms with Crippen molar-refractivity contribution in [3.8, 4) is 0 Å². The summed E-state index contributed by atoms with van der Waals surface area (Å²) in [4.78, 5) is 13.1. The molecule has 0 saturated carbocycles. The van der Waals surface area contributed by atoms with E-state index in [-0.39, 0.29) is 23.3 Å². The van der Waals surface area contributed by atoms with Gasteiger partial charge in [0.2, 0.25) is 0 Å². The van der Waals surface area contributed by atoms with Gasteiger partial charge in [0.1, 0.15) is 4.75 Å². The number of nitrogens with zero attached hydrogens (tertiary/aromatic N) is 1. The van der Waals surface area contributed by atoms with E-state index in [0.717, 1.165) is 6.07 Å². The van der Waals surface area contributed by atoms with Crippen molar-refractivity contribution in [2.75, 3.05) is 6.26 Å². The molecule has 190 valence electrons. The molecule has 0 saturated heterocycles. The molecule has 1 aliphatic carbocycles. The van der Waals surface area contributed by atoms with Crippen LogP contribution in [-0.4, -0.2) is 48.4 Å². The summed E-state index contributed by atoms with van der Waals surface area (Å²) in [6.45, 7) is 4.35. The SMILES string of the molecule is CCC1(S(=O)(=O)O)C=C(C)C(C)(C(=O)c2ccc(C(F)(F)F)cc2S(C)(=O)=O)C(c2ccn[nH]2)=C1. The van der Waals surface area contributed by atoms with E-state index >= 15 is 0 Å². The lowest BCUT2D eigenvalue weighted by molar-refractivity contribution is -0.137. The zero-order chi connectivity index (χ0) is 26.6.